The molecular weight excluding hydrogens is 162 g/mol. The van der Waals surface area contributed by atoms with Crippen molar-refractivity contribution in [2.24, 2.45) is 0 Å². The van der Waals surface area contributed by atoms with E-state index in [1.54, 1.807) is 6.20 Å². The summed E-state index contributed by atoms with van der Waals surface area (Å²) in [5.74, 6) is 0. The van der Waals surface area contributed by atoms with Gasteiger partial charge in [-0.2, -0.15) is 0 Å². The number of anilines is 1. The lowest BCUT2D eigenvalue weighted by Crippen LogP contribution is -2.17. The average molecular weight is 177 g/mol. The number of likely N-dealkylation sites (tertiary alicyclic amines) is 1. The highest BCUT2D eigenvalue weighted by Gasteiger charge is 2.22. The zero-order valence-corrected chi connectivity index (χ0v) is 7.90. The van der Waals surface area contributed by atoms with Gasteiger partial charge in [-0.05, 0) is 38.1 Å². The van der Waals surface area contributed by atoms with E-state index in [0.29, 0.717) is 6.04 Å². The Morgan fingerprint density at radius 1 is 1.54 bits per heavy atom. The van der Waals surface area contributed by atoms with Crippen molar-refractivity contribution in [2.45, 2.75) is 18.9 Å². The number of aromatic nitrogens is 1. The van der Waals surface area contributed by atoms with Gasteiger partial charge in [0.1, 0.15) is 0 Å². The third-order valence-electron chi connectivity index (χ3n) is 2.69. The van der Waals surface area contributed by atoms with Crippen molar-refractivity contribution in [3.05, 3.63) is 24.0 Å². The molecule has 1 fully saturated rings. The maximum absolute atomic E-state index is 5.69. The summed E-state index contributed by atoms with van der Waals surface area (Å²) in [7, 11) is 2.15. The van der Waals surface area contributed by atoms with Crippen molar-refractivity contribution >= 4 is 5.69 Å². The highest BCUT2D eigenvalue weighted by molar-refractivity contribution is 5.38. The van der Waals surface area contributed by atoms with E-state index in [1.165, 1.54) is 24.9 Å². The Balaban J connectivity index is 2.24. The largest absolute Gasteiger partial charge is 0.397 e. The first-order chi connectivity index (χ1) is 6.27. The third kappa shape index (κ3) is 1.65. The highest BCUT2D eigenvalue weighted by Crippen LogP contribution is 2.30. The Morgan fingerprint density at radius 2 is 2.38 bits per heavy atom. The average Bonchev–Trinajstić information content (AvgIpc) is 2.51. The summed E-state index contributed by atoms with van der Waals surface area (Å²) < 4.78 is 0. The van der Waals surface area contributed by atoms with E-state index in [2.05, 4.69) is 16.9 Å². The molecule has 3 heteroatoms. The van der Waals surface area contributed by atoms with E-state index < -0.39 is 0 Å². The van der Waals surface area contributed by atoms with Gasteiger partial charge in [0.05, 0.1) is 5.69 Å². The van der Waals surface area contributed by atoms with Gasteiger partial charge in [-0.25, -0.2) is 0 Å². The van der Waals surface area contributed by atoms with Crippen LogP contribution in [0.4, 0.5) is 5.69 Å². The second kappa shape index (κ2) is 3.34. The number of rotatable bonds is 1. The first-order valence-corrected chi connectivity index (χ1v) is 4.68. The van der Waals surface area contributed by atoms with Gasteiger partial charge in [-0.15, -0.1) is 0 Å². The Hall–Kier alpha value is -1.09. The summed E-state index contributed by atoms with van der Waals surface area (Å²) in [4.78, 5) is 6.47. The van der Waals surface area contributed by atoms with Gasteiger partial charge >= 0.3 is 0 Å². The van der Waals surface area contributed by atoms with Crippen molar-refractivity contribution < 1.29 is 0 Å². The van der Waals surface area contributed by atoms with Crippen LogP contribution in [0.3, 0.4) is 0 Å². The second-order valence-corrected chi connectivity index (χ2v) is 3.69. The molecule has 1 aromatic rings. The number of nitrogens with zero attached hydrogens (tertiary/aromatic N) is 2. The minimum absolute atomic E-state index is 0.524. The monoisotopic (exact) mass is 177 g/mol. The molecule has 0 spiro atoms. The van der Waals surface area contributed by atoms with Crippen LogP contribution < -0.4 is 5.73 Å². The Kier molecular flexibility index (Phi) is 2.19. The maximum Gasteiger partial charge on any atom is 0.0503 e. The summed E-state index contributed by atoms with van der Waals surface area (Å²) in [6.07, 6.45) is 6.11. The molecule has 2 rings (SSSR count). The van der Waals surface area contributed by atoms with Gasteiger partial charge in [0.2, 0.25) is 0 Å². The van der Waals surface area contributed by atoms with Crippen LogP contribution in [-0.2, 0) is 0 Å². The molecule has 1 atom stereocenters. The van der Waals surface area contributed by atoms with Crippen LogP contribution >= 0.6 is 0 Å². The summed E-state index contributed by atoms with van der Waals surface area (Å²) in [6, 6.07) is 2.55. The van der Waals surface area contributed by atoms with Crippen molar-refractivity contribution in [3.63, 3.8) is 0 Å². The molecule has 13 heavy (non-hydrogen) atoms. The standard InChI is InChI=1S/C10H15N3/c1-13-4-2-3-10(13)8-5-9(11)7-12-6-8/h5-7,10H,2-4,11H2,1H3. The summed E-state index contributed by atoms with van der Waals surface area (Å²) in [5, 5.41) is 0. The van der Waals surface area contributed by atoms with Gasteiger partial charge < -0.3 is 5.73 Å². The molecule has 0 amide bonds. The normalized spacial score (nSPS) is 23.6. The number of hydrogen-bond acceptors (Lipinski definition) is 3. The lowest BCUT2D eigenvalue weighted by Gasteiger charge is -2.19. The maximum atomic E-state index is 5.69. The first kappa shape index (κ1) is 8.51. The fraction of sp³-hybridized carbons (Fsp3) is 0.500. The minimum Gasteiger partial charge on any atom is -0.397 e. The van der Waals surface area contributed by atoms with E-state index >= 15 is 0 Å². The van der Waals surface area contributed by atoms with Crippen LogP contribution in [-0.4, -0.2) is 23.5 Å². The van der Waals surface area contributed by atoms with E-state index in [4.69, 9.17) is 5.73 Å². The fourth-order valence-corrected chi connectivity index (χ4v) is 1.99. The number of hydrogen-bond donors (Lipinski definition) is 1. The van der Waals surface area contributed by atoms with Crippen LogP contribution in [0.15, 0.2) is 18.5 Å². The van der Waals surface area contributed by atoms with E-state index in [0.717, 1.165) is 5.69 Å². The van der Waals surface area contributed by atoms with Crippen LogP contribution in [0, 0.1) is 0 Å². The molecule has 0 saturated carbocycles. The molecule has 1 saturated heterocycles. The van der Waals surface area contributed by atoms with Crippen molar-refractivity contribution in [1.82, 2.24) is 9.88 Å². The summed E-state index contributed by atoms with van der Waals surface area (Å²) in [5.41, 5.74) is 7.70. The Bertz CT molecular complexity index is 298. The SMILES string of the molecule is CN1CCCC1c1cncc(N)c1. The molecule has 2 N–H and O–H groups in total. The minimum atomic E-state index is 0.524. The van der Waals surface area contributed by atoms with Crippen LogP contribution in [0.5, 0.6) is 0 Å². The predicted molar refractivity (Wildman–Crippen MR) is 53.3 cm³/mol. The molecule has 0 aliphatic carbocycles. The zero-order valence-electron chi connectivity index (χ0n) is 7.90. The summed E-state index contributed by atoms with van der Waals surface area (Å²) in [6.45, 7) is 1.18. The summed E-state index contributed by atoms with van der Waals surface area (Å²) >= 11 is 0. The second-order valence-electron chi connectivity index (χ2n) is 3.69. The number of nitrogen functional groups attached to an aromatic ring is 1. The van der Waals surface area contributed by atoms with Gasteiger partial charge in [-0.1, -0.05) is 0 Å². The molecule has 0 bridgehead atoms. The van der Waals surface area contributed by atoms with Crippen molar-refractivity contribution in [3.8, 4) is 0 Å². The number of pyridine rings is 1. The molecule has 1 aliphatic heterocycles. The lowest BCUT2D eigenvalue weighted by molar-refractivity contribution is 0.317. The van der Waals surface area contributed by atoms with E-state index in [-0.39, 0.29) is 0 Å². The highest BCUT2D eigenvalue weighted by atomic mass is 15.1. The van der Waals surface area contributed by atoms with Crippen LogP contribution in [0.1, 0.15) is 24.4 Å². The molecule has 1 unspecified atom stereocenters. The molecule has 2 heterocycles. The van der Waals surface area contributed by atoms with Crippen LogP contribution in [0.2, 0.25) is 0 Å². The quantitative estimate of drug-likeness (QED) is 0.705. The third-order valence-corrected chi connectivity index (χ3v) is 2.69. The molecule has 1 aromatic heterocycles. The smallest absolute Gasteiger partial charge is 0.0503 e. The molecule has 0 radical (unpaired) electrons. The van der Waals surface area contributed by atoms with Crippen LogP contribution in [0.25, 0.3) is 0 Å². The Labute approximate surface area is 78.6 Å². The molecule has 0 aromatic carbocycles. The lowest BCUT2D eigenvalue weighted by atomic mass is 10.1. The molecule has 70 valence electrons. The van der Waals surface area contributed by atoms with Gasteiger partial charge in [0, 0.05) is 18.4 Å². The van der Waals surface area contributed by atoms with Crippen molar-refractivity contribution in [1.29, 1.82) is 0 Å². The first-order valence-electron chi connectivity index (χ1n) is 4.68. The number of nitrogens with two attached hydrogens (primary N) is 1. The van der Waals surface area contributed by atoms with E-state index in [1.807, 2.05) is 12.3 Å². The molecule has 3 nitrogen and oxygen atoms in total. The predicted octanol–water partition coefficient (Wildman–Crippen LogP) is 1.43. The van der Waals surface area contributed by atoms with Gasteiger partial charge in [-0.3, -0.25) is 9.88 Å². The van der Waals surface area contributed by atoms with Gasteiger partial charge in [0.25, 0.3) is 0 Å². The topological polar surface area (TPSA) is 42.2 Å². The van der Waals surface area contributed by atoms with Crippen molar-refractivity contribution in [2.75, 3.05) is 19.3 Å². The zero-order chi connectivity index (χ0) is 9.26. The van der Waals surface area contributed by atoms with E-state index in [9.17, 15) is 0 Å². The Morgan fingerprint density at radius 3 is 3.00 bits per heavy atom. The molecule has 1 aliphatic rings. The fourth-order valence-electron chi connectivity index (χ4n) is 1.99. The van der Waals surface area contributed by atoms with Gasteiger partial charge in [0.15, 0.2) is 0 Å². The molecular formula is C10H15N3.